The SMILES string of the molecule is CCNC(=NCc1ccccc1OC(F)F)NCCc1ccco1.I. The van der Waals surface area contributed by atoms with Gasteiger partial charge in [-0.15, -0.1) is 24.0 Å². The summed E-state index contributed by atoms with van der Waals surface area (Å²) in [6, 6.07) is 10.4. The van der Waals surface area contributed by atoms with E-state index in [0.717, 1.165) is 12.2 Å². The minimum Gasteiger partial charge on any atom is -0.469 e. The molecule has 25 heavy (non-hydrogen) atoms. The lowest BCUT2D eigenvalue weighted by Crippen LogP contribution is -2.38. The fourth-order valence-electron chi connectivity index (χ4n) is 2.11. The lowest BCUT2D eigenvalue weighted by molar-refractivity contribution is -0.0504. The molecule has 0 aliphatic heterocycles. The van der Waals surface area contributed by atoms with Crippen molar-refractivity contribution >= 4 is 29.9 Å². The maximum atomic E-state index is 12.4. The maximum absolute atomic E-state index is 12.4. The van der Waals surface area contributed by atoms with Gasteiger partial charge in [0.1, 0.15) is 11.5 Å². The van der Waals surface area contributed by atoms with E-state index in [2.05, 4.69) is 20.4 Å². The third-order valence-corrected chi connectivity index (χ3v) is 3.18. The highest BCUT2D eigenvalue weighted by Gasteiger charge is 2.09. The van der Waals surface area contributed by atoms with Crippen LogP contribution in [0.1, 0.15) is 18.2 Å². The number of alkyl halides is 2. The van der Waals surface area contributed by atoms with Crippen LogP contribution >= 0.6 is 24.0 Å². The monoisotopic (exact) mass is 465 g/mol. The average Bonchev–Trinajstić information content (AvgIpc) is 3.06. The summed E-state index contributed by atoms with van der Waals surface area (Å²) in [6.07, 6.45) is 2.36. The van der Waals surface area contributed by atoms with Crippen LogP contribution in [0.25, 0.3) is 0 Å². The van der Waals surface area contributed by atoms with Crippen molar-refractivity contribution < 1.29 is 17.9 Å². The minimum atomic E-state index is -2.85. The van der Waals surface area contributed by atoms with Gasteiger partial charge in [0.05, 0.1) is 12.8 Å². The fraction of sp³-hybridized carbons (Fsp3) is 0.353. The number of hydrogen-bond donors (Lipinski definition) is 2. The molecule has 0 amide bonds. The molecule has 5 nitrogen and oxygen atoms in total. The van der Waals surface area contributed by atoms with Crippen molar-refractivity contribution in [2.45, 2.75) is 26.5 Å². The summed E-state index contributed by atoms with van der Waals surface area (Å²) in [5, 5.41) is 6.29. The van der Waals surface area contributed by atoms with Crippen LogP contribution in [0.15, 0.2) is 52.1 Å². The molecule has 2 rings (SSSR count). The van der Waals surface area contributed by atoms with Crippen LogP contribution in [0.3, 0.4) is 0 Å². The number of ether oxygens (including phenoxy) is 1. The second-order valence-corrected chi connectivity index (χ2v) is 4.94. The summed E-state index contributed by atoms with van der Waals surface area (Å²) >= 11 is 0. The van der Waals surface area contributed by atoms with E-state index in [1.807, 2.05) is 19.1 Å². The van der Waals surface area contributed by atoms with Gasteiger partial charge < -0.3 is 19.8 Å². The number of aliphatic imine (C=N–C) groups is 1. The molecule has 8 heteroatoms. The number of benzene rings is 1. The van der Waals surface area contributed by atoms with Crippen molar-refractivity contribution in [3.05, 3.63) is 54.0 Å². The molecule has 0 fully saturated rings. The summed E-state index contributed by atoms with van der Waals surface area (Å²) in [4.78, 5) is 4.41. The van der Waals surface area contributed by atoms with Gasteiger partial charge in [-0.2, -0.15) is 8.78 Å². The summed E-state index contributed by atoms with van der Waals surface area (Å²) in [5.41, 5.74) is 0.598. The molecule has 0 unspecified atom stereocenters. The number of rotatable bonds is 8. The first kappa shape index (κ1) is 21.2. The highest BCUT2D eigenvalue weighted by atomic mass is 127. The number of guanidine groups is 1. The zero-order valence-electron chi connectivity index (χ0n) is 13.9. The van der Waals surface area contributed by atoms with Crippen molar-refractivity contribution in [3.8, 4) is 5.75 Å². The Kier molecular flexibility index (Phi) is 9.90. The number of halogens is 3. The van der Waals surface area contributed by atoms with Crippen molar-refractivity contribution in [3.63, 3.8) is 0 Å². The van der Waals surface area contributed by atoms with Crippen LogP contribution in [0, 0.1) is 0 Å². The molecule has 0 aliphatic carbocycles. The molecule has 1 aromatic heterocycles. The average molecular weight is 465 g/mol. The van der Waals surface area contributed by atoms with Crippen molar-refractivity contribution in [1.82, 2.24) is 10.6 Å². The molecule has 0 saturated heterocycles. The fourth-order valence-corrected chi connectivity index (χ4v) is 2.11. The van der Waals surface area contributed by atoms with E-state index in [1.54, 1.807) is 24.5 Å². The van der Waals surface area contributed by atoms with Crippen LogP contribution in [0.4, 0.5) is 8.78 Å². The third kappa shape index (κ3) is 7.72. The Labute approximate surface area is 162 Å². The van der Waals surface area contributed by atoms with E-state index >= 15 is 0 Å². The lowest BCUT2D eigenvalue weighted by Gasteiger charge is -2.12. The minimum absolute atomic E-state index is 0. The van der Waals surface area contributed by atoms with E-state index < -0.39 is 6.61 Å². The second kappa shape index (κ2) is 11.7. The molecule has 1 aromatic carbocycles. The zero-order chi connectivity index (χ0) is 17.2. The van der Waals surface area contributed by atoms with E-state index in [0.29, 0.717) is 24.6 Å². The summed E-state index contributed by atoms with van der Waals surface area (Å²) < 4.78 is 34.6. The predicted octanol–water partition coefficient (Wildman–Crippen LogP) is 3.80. The molecule has 0 atom stereocenters. The Morgan fingerprint density at radius 2 is 2.00 bits per heavy atom. The van der Waals surface area contributed by atoms with Crippen molar-refractivity contribution in [2.75, 3.05) is 13.1 Å². The highest BCUT2D eigenvalue weighted by molar-refractivity contribution is 14.0. The number of nitrogens with one attached hydrogen (secondary N) is 2. The molecular formula is C17H22F2IN3O2. The predicted molar refractivity (Wildman–Crippen MR) is 104 cm³/mol. The lowest BCUT2D eigenvalue weighted by atomic mass is 10.2. The topological polar surface area (TPSA) is 58.8 Å². The molecule has 0 bridgehead atoms. The Balaban J connectivity index is 0.00000312. The van der Waals surface area contributed by atoms with E-state index in [4.69, 9.17) is 4.42 Å². The Bertz CT molecular complexity index is 637. The molecular weight excluding hydrogens is 443 g/mol. The summed E-state index contributed by atoms with van der Waals surface area (Å²) in [7, 11) is 0. The van der Waals surface area contributed by atoms with Gasteiger partial charge in [-0.3, -0.25) is 0 Å². The highest BCUT2D eigenvalue weighted by Crippen LogP contribution is 2.20. The van der Waals surface area contributed by atoms with Gasteiger partial charge in [-0.05, 0) is 25.1 Å². The second-order valence-electron chi connectivity index (χ2n) is 4.94. The first-order valence-corrected chi connectivity index (χ1v) is 7.76. The molecule has 0 radical (unpaired) electrons. The van der Waals surface area contributed by atoms with Crippen LogP contribution in [-0.4, -0.2) is 25.7 Å². The van der Waals surface area contributed by atoms with E-state index in [-0.39, 0.29) is 36.3 Å². The van der Waals surface area contributed by atoms with Gasteiger partial charge >= 0.3 is 6.61 Å². The largest absolute Gasteiger partial charge is 0.469 e. The van der Waals surface area contributed by atoms with Crippen molar-refractivity contribution in [2.24, 2.45) is 4.99 Å². The van der Waals surface area contributed by atoms with E-state index in [9.17, 15) is 8.78 Å². The van der Waals surface area contributed by atoms with Crippen LogP contribution in [0.2, 0.25) is 0 Å². The number of hydrogen-bond acceptors (Lipinski definition) is 3. The van der Waals surface area contributed by atoms with Gasteiger partial charge in [-0.25, -0.2) is 4.99 Å². The standard InChI is InChI=1S/C17H21F2N3O2.HI/c1-2-20-17(21-10-9-14-7-5-11-23-14)22-12-13-6-3-4-8-15(13)24-16(18)19;/h3-8,11,16H,2,9-10,12H2,1H3,(H2,20,21,22);1H. The molecule has 0 aliphatic rings. The van der Waals surface area contributed by atoms with Crippen LogP contribution in [0.5, 0.6) is 5.75 Å². The van der Waals surface area contributed by atoms with Crippen LogP contribution < -0.4 is 15.4 Å². The Hall–Kier alpha value is -1.84. The van der Waals surface area contributed by atoms with Crippen LogP contribution in [-0.2, 0) is 13.0 Å². The number of furan rings is 1. The first-order valence-electron chi connectivity index (χ1n) is 7.76. The molecule has 138 valence electrons. The molecule has 0 spiro atoms. The summed E-state index contributed by atoms with van der Waals surface area (Å²) in [5.74, 6) is 1.63. The molecule has 0 saturated carbocycles. The Morgan fingerprint density at radius 1 is 1.20 bits per heavy atom. The third-order valence-electron chi connectivity index (χ3n) is 3.18. The zero-order valence-corrected chi connectivity index (χ0v) is 16.2. The number of para-hydroxylation sites is 1. The van der Waals surface area contributed by atoms with Crippen molar-refractivity contribution in [1.29, 1.82) is 0 Å². The normalized spacial score (nSPS) is 11.1. The maximum Gasteiger partial charge on any atom is 0.387 e. The van der Waals surface area contributed by atoms with Gasteiger partial charge in [0, 0.05) is 25.1 Å². The first-order chi connectivity index (χ1) is 11.7. The van der Waals surface area contributed by atoms with Gasteiger partial charge in [0.15, 0.2) is 5.96 Å². The van der Waals surface area contributed by atoms with Gasteiger partial charge in [0.2, 0.25) is 0 Å². The summed E-state index contributed by atoms with van der Waals surface area (Å²) in [6.45, 7) is 0.683. The quantitative estimate of drug-likeness (QED) is 0.354. The molecule has 1 heterocycles. The van der Waals surface area contributed by atoms with E-state index in [1.165, 1.54) is 6.07 Å². The number of nitrogens with zero attached hydrogens (tertiary/aromatic N) is 1. The van der Waals surface area contributed by atoms with Gasteiger partial charge in [0.25, 0.3) is 0 Å². The van der Waals surface area contributed by atoms with Gasteiger partial charge in [-0.1, -0.05) is 18.2 Å². The molecule has 2 aromatic rings. The Morgan fingerprint density at radius 3 is 2.68 bits per heavy atom. The molecule has 2 N–H and O–H groups in total. The smallest absolute Gasteiger partial charge is 0.387 e.